The molecule has 0 saturated carbocycles. The molecule has 1 aromatic heterocycles. The van der Waals surface area contributed by atoms with E-state index in [2.05, 4.69) is 17.6 Å². The predicted molar refractivity (Wildman–Crippen MR) is 119 cm³/mol. The monoisotopic (exact) mass is 422 g/mol. The van der Waals surface area contributed by atoms with Crippen molar-refractivity contribution in [3.8, 4) is 0 Å². The lowest BCUT2D eigenvalue weighted by Gasteiger charge is -2.18. The summed E-state index contributed by atoms with van der Waals surface area (Å²) in [5.74, 6) is -0.865. The highest BCUT2D eigenvalue weighted by atomic mass is 32.1. The third kappa shape index (κ3) is 4.14. The number of anilines is 2. The van der Waals surface area contributed by atoms with Crippen LogP contribution in [0.25, 0.3) is 0 Å². The molecule has 6 heteroatoms. The molecule has 4 rings (SSSR count). The molecule has 0 aliphatic heterocycles. The van der Waals surface area contributed by atoms with Gasteiger partial charge >= 0.3 is 0 Å². The van der Waals surface area contributed by atoms with Gasteiger partial charge in [-0.2, -0.15) is 0 Å². The zero-order chi connectivity index (χ0) is 21.3. The van der Waals surface area contributed by atoms with Gasteiger partial charge in [0.15, 0.2) is 0 Å². The Labute approximate surface area is 179 Å². The van der Waals surface area contributed by atoms with Gasteiger partial charge in [0.05, 0.1) is 11.1 Å². The topological polar surface area (TPSA) is 58.2 Å². The Morgan fingerprint density at radius 3 is 2.63 bits per heavy atom. The van der Waals surface area contributed by atoms with Crippen molar-refractivity contribution in [2.24, 2.45) is 5.92 Å². The highest BCUT2D eigenvalue weighted by Gasteiger charge is 2.29. The average Bonchev–Trinajstić information content (AvgIpc) is 3.05. The smallest absolute Gasteiger partial charge is 0.259 e. The molecule has 2 aromatic carbocycles. The van der Waals surface area contributed by atoms with Crippen molar-refractivity contribution in [2.45, 2.75) is 33.1 Å². The van der Waals surface area contributed by atoms with Crippen LogP contribution in [0.15, 0.2) is 48.5 Å². The van der Waals surface area contributed by atoms with E-state index >= 15 is 0 Å². The van der Waals surface area contributed by atoms with Gasteiger partial charge in [-0.05, 0) is 67.5 Å². The van der Waals surface area contributed by atoms with Crippen LogP contribution in [-0.2, 0) is 12.8 Å². The van der Waals surface area contributed by atoms with Gasteiger partial charge < -0.3 is 10.6 Å². The molecule has 30 heavy (non-hydrogen) atoms. The van der Waals surface area contributed by atoms with Crippen LogP contribution in [0, 0.1) is 18.7 Å². The fraction of sp³-hybridized carbons (Fsp3) is 0.250. The molecule has 154 valence electrons. The number of halogens is 1. The Balaban J connectivity index is 1.68. The number of carbonyl (C=O) groups excluding carboxylic acids is 2. The SMILES string of the molecule is Cc1cccc(NC(=O)c2c(NC(=O)c3ccccc3F)sc3c2CC[C@@H](C)C3)c1. The summed E-state index contributed by atoms with van der Waals surface area (Å²) in [6, 6.07) is 13.4. The van der Waals surface area contributed by atoms with Crippen LogP contribution in [0.5, 0.6) is 0 Å². The van der Waals surface area contributed by atoms with E-state index < -0.39 is 11.7 Å². The number of carbonyl (C=O) groups is 2. The Morgan fingerprint density at radius 2 is 1.87 bits per heavy atom. The highest BCUT2D eigenvalue weighted by Crippen LogP contribution is 2.40. The molecular weight excluding hydrogens is 399 g/mol. The summed E-state index contributed by atoms with van der Waals surface area (Å²) in [5.41, 5.74) is 3.19. The van der Waals surface area contributed by atoms with Gasteiger partial charge in [0.1, 0.15) is 10.8 Å². The molecule has 0 bridgehead atoms. The Kier molecular flexibility index (Phi) is 5.68. The molecule has 0 unspecified atom stereocenters. The van der Waals surface area contributed by atoms with Crippen molar-refractivity contribution in [3.05, 3.63) is 81.5 Å². The Bertz CT molecular complexity index is 1120. The highest BCUT2D eigenvalue weighted by molar-refractivity contribution is 7.17. The lowest BCUT2D eigenvalue weighted by Crippen LogP contribution is -2.20. The molecule has 0 radical (unpaired) electrons. The Hall–Kier alpha value is -2.99. The van der Waals surface area contributed by atoms with E-state index in [0.29, 0.717) is 22.2 Å². The largest absolute Gasteiger partial charge is 0.322 e. The molecular formula is C24H23FN2O2S. The van der Waals surface area contributed by atoms with Gasteiger partial charge in [-0.25, -0.2) is 4.39 Å². The second kappa shape index (κ2) is 8.40. The maximum absolute atomic E-state index is 14.1. The molecule has 4 nitrogen and oxygen atoms in total. The summed E-state index contributed by atoms with van der Waals surface area (Å²) >= 11 is 1.42. The Morgan fingerprint density at radius 1 is 1.07 bits per heavy atom. The number of amides is 2. The number of fused-ring (bicyclic) bond motifs is 1. The first-order valence-corrected chi connectivity index (χ1v) is 10.8. The van der Waals surface area contributed by atoms with Gasteiger partial charge in [0.2, 0.25) is 0 Å². The molecule has 1 aliphatic rings. The molecule has 1 atom stereocenters. The molecule has 1 heterocycles. The molecule has 0 fully saturated rings. The van der Waals surface area contributed by atoms with Crippen LogP contribution in [0.1, 0.15) is 50.1 Å². The van der Waals surface area contributed by atoms with Gasteiger partial charge in [-0.1, -0.05) is 31.2 Å². The van der Waals surface area contributed by atoms with Crippen molar-refractivity contribution >= 4 is 33.8 Å². The quantitative estimate of drug-likeness (QED) is 0.556. The number of nitrogens with one attached hydrogen (secondary N) is 2. The molecule has 3 aromatic rings. The van der Waals surface area contributed by atoms with Crippen LogP contribution < -0.4 is 10.6 Å². The number of thiophene rings is 1. The lowest BCUT2D eigenvalue weighted by atomic mass is 9.88. The van der Waals surface area contributed by atoms with Crippen LogP contribution in [0.4, 0.5) is 15.1 Å². The zero-order valence-corrected chi connectivity index (χ0v) is 17.7. The van der Waals surface area contributed by atoms with Crippen LogP contribution in [0.2, 0.25) is 0 Å². The first-order chi connectivity index (χ1) is 14.4. The van der Waals surface area contributed by atoms with Crippen molar-refractivity contribution in [1.82, 2.24) is 0 Å². The number of hydrogen-bond donors (Lipinski definition) is 2. The molecule has 0 spiro atoms. The zero-order valence-electron chi connectivity index (χ0n) is 16.9. The fourth-order valence-electron chi connectivity index (χ4n) is 3.81. The van der Waals surface area contributed by atoms with E-state index in [-0.39, 0.29) is 11.5 Å². The van der Waals surface area contributed by atoms with Crippen LogP contribution in [-0.4, -0.2) is 11.8 Å². The minimum Gasteiger partial charge on any atom is -0.322 e. The van der Waals surface area contributed by atoms with Gasteiger partial charge in [0, 0.05) is 10.6 Å². The van der Waals surface area contributed by atoms with Gasteiger partial charge in [0.25, 0.3) is 11.8 Å². The number of benzene rings is 2. The van der Waals surface area contributed by atoms with Gasteiger partial charge in [-0.3, -0.25) is 9.59 Å². The summed E-state index contributed by atoms with van der Waals surface area (Å²) in [6.45, 7) is 4.15. The van der Waals surface area contributed by atoms with Crippen molar-refractivity contribution < 1.29 is 14.0 Å². The van der Waals surface area contributed by atoms with Crippen LogP contribution in [0.3, 0.4) is 0 Å². The van der Waals surface area contributed by atoms with Crippen molar-refractivity contribution in [2.75, 3.05) is 10.6 Å². The summed E-state index contributed by atoms with van der Waals surface area (Å²) < 4.78 is 14.1. The summed E-state index contributed by atoms with van der Waals surface area (Å²) in [6.07, 6.45) is 2.66. The molecule has 0 saturated heterocycles. The average molecular weight is 423 g/mol. The first kappa shape index (κ1) is 20.3. The predicted octanol–water partition coefficient (Wildman–Crippen LogP) is 5.83. The molecule has 1 aliphatic carbocycles. The van der Waals surface area contributed by atoms with E-state index in [1.54, 1.807) is 6.07 Å². The van der Waals surface area contributed by atoms with E-state index in [0.717, 1.165) is 35.3 Å². The summed E-state index contributed by atoms with van der Waals surface area (Å²) in [4.78, 5) is 27.0. The van der Waals surface area contributed by atoms with E-state index in [4.69, 9.17) is 0 Å². The third-order valence-electron chi connectivity index (χ3n) is 5.36. The maximum Gasteiger partial charge on any atom is 0.259 e. The number of hydrogen-bond acceptors (Lipinski definition) is 3. The van der Waals surface area contributed by atoms with E-state index in [9.17, 15) is 14.0 Å². The third-order valence-corrected chi connectivity index (χ3v) is 6.53. The van der Waals surface area contributed by atoms with Crippen molar-refractivity contribution in [3.63, 3.8) is 0 Å². The normalized spacial score (nSPS) is 15.4. The fourth-order valence-corrected chi connectivity index (χ4v) is 5.21. The minimum absolute atomic E-state index is 0.0396. The van der Waals surface area contributed by atoms with Crippen molar-refractivity contribution in [1.29, 1.82) is 0 Å². The summed E-state index contributed by atoms with van der Waals surface area (Å²) in [7, 11) is 0. The number of rotatable bonds is 4. The standard InChI is InChI=1S/C24H23FN2O2S/c1-14-6-5-7-16(12-14)26-23(29)21-18-11-10-15(2)13-20(18)30-24(21)27-22(28)17-8-3-4-9-19(17)25/h3-9,12,15H,10-11,13H2,1-2H3,(H,26,29)(H,27,28)/t15-/m1/s1. The van der Waals surface area contributed by atoms with E-state index in [1.165, 1.54) is 29.5 Å². The van der Waals surface area contributed by atoms with Crippen LogP contribution >= 0.6 is 11.3 Å². The maximum atomic E-state index is 14.1. The second-order valence-corrected chi connectivity index (χ2v) is 8.92. The lowest BCUT2D eigenvalue weighted by molar-refractivity contribution is 0.102. The van der Waals surface area contributed by atoms with Gasteiger partial charge in [-0.15, -0.1) is 11.3 Å². The van der Waals surface area contributed by atoms with E-state index in [1.807, 2.05) is 31.2 Å². The second-order valence-electron chi connectivity index (χ2n) is 7.81. The molecule has 2 amide bonds. The first-order valence-electron chi connectivity index (χ1n) is 10.0. The minimum atomic E-state index is -0.587. The molecule has 2 N–H and O–H groups in total. The number of aryl methyl sites for hydroxylation is 1. The summed E-state index contributed by atoms with van der Waals surface area (Å²) in [5, 5.41) is 6.23.